The number of hydrogen-bond donors (Lipinski definition) is 0. The average Bonchev–Trinajstić information content (AvgIpc) is 2.30. The summed E-state index contributed by atoms with van der Waals surface area (Å²) in [6, 6.07) is 0. The van der Waals surface area contributed by atoms with Gasteiger partial charge in [-0.2, -0.15) is 0 Å². The Morgan fingerprint density at radius 3 is 1.95 bits per heavy atom. The van der Waals surface area contributed by atoms with Gasteiger partial charge in [-0.1, -0.05) is 6.47 Å². The summed E-state index contributed by atoms with van der Waals surface area (Å²) in [5.74, 6) is 0. The number of ether oxygens (including phenoxy) is 1. The molecule has 0 bridgehead atoms. The fourth-order valence-corrected chi connectivity index (χ4v) is 2.19. The number of hydrogen-bond acceptors (Lipinski definition) is 4. The zero-order valence-corrected chi connectivity index (χ0v) is 15.6. The number of benzene rings is 1. The van der Waals surface area contributed by atoms with Crippen LogP contribution in [-0.2, 0) is 42.2 Å². The predicted molar refractivity (Wildman–Crippen MR) is 73.7 cm³/mol. The van der Waals surface area contributed by atoms with E-state index >= 15 is 0 Å². The van der Waals surface area contributed by atoms with Gasteiger partial charge in [-0.3, -0.25) is 10.1 Å². The molecule has 5 nitrogen and oxygen atoms in total. The van der Waals surface area contributed by atoms with E-state index in [9.17, 15) is 14.9 Å². The third-order valence-corrected chi connectivity index (χ3v) is 3.52. The molecule has 1 aromatic rings. The summed E-state index contributed by atoms with van der Waals surface area (Å²) < 4.78 is 4.74. The average molecular weight is 354 g/mol. The van der Waals surface area contributed by atoms with E-state index in [0.717, 1.165) is 16.7 Å². The molecule has 1 aromatic carbocycles. The Labute approximate surface area is 145 Å². The van der Waals surface area contributed by atoms with Gasteiger partial charge in [0.1, 0.15) is 0 Å². The van der Waals surface area contributed by atoms with E-state index in [1.54, 1.807) is 20.8 Å². The summed E-state index contributed by atoms with van der Waals surface area (Å²) in [6.45, 7) is 10.2. The van der Waals surface area contributed by atoms with Crippen molar-refractivity contribution in [3.63, 3.8) is 0 Å². The Morgan fingerprint density at radius 2 is 1.55 bits per heavy atom. The maximum absolute atomic E-state index is 11.2. The number of nitrogens with zero attached hydrogens (tertiary/aromatic N) is 1. The molecule has 0 fully saturated rings. The Kier molecular flexibility index (Phi) is 9.11. The van der Waals surface area contributed by atoms with Crippen molar-refractivity contribution in [3.05, 3.63) is 45.4 Å². The normalized spacial score (nSPS) is 10.8. The van der Waals surface area contributed by atoms with Gasteiger partial charge in [-0.05, 0) is 51.3 Å². The molecule has 0 aliphatic rings. The fourth-order valence-electron chi connectivity index (χ4n) is 2.19. The Morgan fingerprint density at radius 1 is 1.10 bits per heavy atom. The molecule has 1 atom stereocenters. The van der Waals surface area contributed by atoms with Gasteiger partial charge < -0.3 is 17.0 Å². The molecule has 0 aliphatic carbocycles. The van der Waals surface area contributed by atoms with Crippen LogP contribution in [0.1, 0.15) is 40.8 Å². The molecule has 1 unspecified atom stereocenters. The van der Waals surface area contributed by atoms with Crippen molar-refractivity contribution in [2.45, 2.75) is 40.7 Å². The molecule has 0 heterocycles. The summed E-state index contributed by atoms with van der Waals surface area (Å²) in [5, 5.41) is 11.2. The topological polar surface area (TPSA) is 69.4 Å². The van der Waals surface area contributed by atoms with Gasteiger partial charge in [0, 0.05) is 38.3 Å². The summed E-state index contributed by atoms with van der Waals surface area (Å²) in [4.78, 5) is 21.1. The van der Waals surface area contributed by atoms with Crippen LogP contribution in [0.25, 0.3) is 0 Å². The Hall–Kier alpha value is -0.806. The van der Waals surface area contributed by atoms with Crippen molar-refractivity contribution in [2.24, 2.45) is 0 Å². The molecule has 0 N–H and O–H groups in total. The van der Waals surface area contributed by atoms with Crippen LogP contribution in [0.3, 0.4) is 0 Å². The zero-order valence-electron chi connectivity index (χ0n) is 12.7. The third kappa shape index (κ3) is 3.86. The van der Waals surface area contributed by atoms with Crippen LogP contribution in [-0.4, -0.2) is 11.4 Å². The minimum Gasteiger partial charge on any atom is -0.648 e. The molecule has 20 heavy (non-hydrogen) atoms. The van der Waals surface area contributed by atoms with Gasteiger partial charge in [-0.25, -0.2) is 0 Å². The zero-order chi connectivity index (χ0) is 14.0. The monoisotopic (exact) mass is 354 g/mol. The Bertz CT molecular complexity index is 515. The van der Waals surface area contributed by atoms with Gasteiger partial charge in [0.2, 0.25) is 0 Å². The van der Waals surface area contributed by atoms with Crippen molar-refractivity contribution < 1.29 is 47.2 Å². The standard InChI is InChI=1S/C13H16NO4.CH3.Y/c1-7-8(2)10(4)13(14(16)17)12(9(7)3)11(5)18-6-15;;/h11H,1-5H3;1H3;/q2*-1;. The minimum atomic E-state index is -0.680. The number of rotatable bonds is 4. The van der Waals surface area contributed by atoms with Crippen molar-refractivity contribution in [1.82, 2.24) is 0 Å². The van der Waals surface area contributed by atoms with Crippen molar-refractivity contribution in [1.29, 1.82) is 0 Å². The van der Waals surface area contributed by atoms with Crippen LogP contribution in [0.4, 0.5) is 5.69 Å². The summed E-state index contributed by atoms with van der Waals surface area (Å²) >= 11 is 0. The van der Waals surface area contributed by atoms with E-state index in [0.29, 0.717) is 11.1 Å². The first-order chi connectivity index (χ1) is 8.32. The van der Waals surface area contributed by atoms with Crippen LogP contribution < -0.4 is 0 Å². The second-order valence-corrected chi connectivity index (χ2v) is 4.36. The Balaban J connectivity index is 0. The third-order valence-electron chi connectivity index (χ3n) is 3.52. The smallest absolute Gasteiger partial charge is 0.279 e. The number of carbonyl (C=O) groups excluding carboxylic acids is 1. The van der Waals surface area contributed by atoms with Crippen LogP contribution in [0.15, 0.2) is 0 Å². The van der Waals surface area contributed by atoms with Gasteiger partial charge in [0.25, 0.3) is 5.69 Å². The maximum atomic E-state index is 11.2. The quantitative estimate of drug-likeness (QED) is 0.472. The van der Waals surface area contributed by atoms with Gasteiger partial charge in [0.15, 0.2) is 0 Å². The van der Waals surface area contributed by atoms with Crippen molar-refractivity contribution in [2.75, 3.05) is 0 Å². The molecule has 0 amide bonds. The summed E-state index contributed by atoms with van der Waals surface area (Å²) in [7, 11) is 0. The number of nitro groups is 1. The molecule has 0 saturated carbocycles. The van der Waals surface area contributed by atoms with Crippen molar-refractivity contribution >= 4 is 12.2 Å². The second kappa shape index (κ2) is 8.47. The first-order valence-electron chi connectivity index (χ1n) is 5.60. The molecule has 109 valence electrons. The molecule has 0 saturated heterocycles. The van der Waals surface area contributed by atoms with Crippen LogP contribution >= 0.6 is 0 Å². The summed E-state index contributed by atoms with van der Waals surface area (Å²) in [5.41, 5.74) is 3.74. The van der Waals surface area contributed by atoms with Gasteiger partial charge in [0.05, 0.1) is 16.6 Å². The van der Waals surface area contributed by atoms with E-state index in [1.165, 1.54) is 6.47 Å². The van der Waals surface area contributed by atoms with E-state index in [2.05, 4.69) is 0 Å². The molecule has 1 radical (unpaired) electrons. The second-order valence-electron chi connectivity index (χ2n) is 4.36. The van der Waals surface area contributed by atoms with E-state index in [1.807, 2.05) is 13.8 Å². The molecule has 0 aliphatic heterocycles. The SMILES string of the molecule is Cc1c(C)c(C)c([N+](=O)[O-])c(C(C)O[C-]=O)c1C.[CH3-].[Y]. The van der Waals surface area contributed by atoms with Crippen LogP contribution in [0, 0.1) is 45.2 Å². The maximum Gasteiger partial charge on any atom is 0.279 e. The van der Waals surface area contributed by atoms with Gasteiger partial charge in [-0.15, -0.1) is 0 Å². The fraction of sp³-hybridized carbons (Fsp3) is 0.429. The van der Waals surface area contributed by atoms with Crippen LogP contribution in [0.2, 0.25) is 0 Å². The predicted octanol–water partition coefficient (Wildman–Crippen LogP) is 3.42. The van der Waals surface area contributed by atoms with E-state index < -0.39 is 11.0 Å². The molecular weight excluding hydrogens is 335 g/mol. The van der Waals surface area contributed by atoms with Gasteiger partial charge >= 0.3 is 0 Å². The largest absolute Gasteiger partial charge is 0.648 e. The summed E-state index contributed by atoms with van der Waals surface area (Å²) in [6.07, 6.45) is -0.680. The first kappa shape index (κ1) is 21.5. The van der Waals surface area contributed by atoms with Crippen LogP contribution in [0.5, 0.6) is 0 Å². The van der Waals surface area contributed by atoms with E-state index in [4.69, 9.17) is 4.74 Å². The molecule has 0 aromatic heterocycles. The minimum absolute atomic E-state index is 0. The number of nitro benzene ring substituents is 1. The molecule has 1 rings (SSSR count). The first-order valence-corrected chi connectivity index (χ1v) is 5.60. The van der Waals surface area contributed by atoms with Crippen molar-refractivity contribution in [3.8, 4) is 0 Å². The molecule has 6 heteroatoms. The molecule has 0 spiro atoms. The van der Waals surface area contributed by atoms with E-state index in [-0.39, 0.29) is 45.8 Å². The molecular formula is C14H19NO4Y-2.